The number of rotatable bonds is 1. The van der Waals surface area contributed by atoms with E-state index < -0.39 is 11.2 Å². The number of nitriles is 1. The van der Waals surface area contributed by atoms with E-state index in [0.717, 1.165) is 0 Å². The molecule has 15 heavy (non-hydrogen) atoms. The average molecular weight is 207 g/mol. The molecule has 0 aliphatic carbocycles. The van der Waals surface area contributed by atoms with Crippen molar-refractivity contribution in [3.63, 3.8) is 0 Å². The highest BCUT2D eigenvalue weighted by atomic mass is 19.1. The van der Waals surface area contributed by atoms with Crippen molar-refractivity contribution in [3.8, 4) is 11.8 Å². The van der Waals surface area contributed by atoms with Gasteiger partial charge in [0.05, 0.1) is 11.5 Å². The molecule has 0 spiro atoms. The van der Waals surface area contributed by atoms with Gasteiger partial charge in [-0.1, -0.05) is 6.07 Å². The number of phenols is 1. The molecule has 0 saturated carbocycles. The van der Waals surface area contributed by atoms with Gasteiger partial charge < -0.3 is 5.11 Å². The highest BCUT2D eigenvalue weighted by Crippen LogP contribution is 2.34. The Hall–Kier alpha value is -1.56. The first-order chi connectivity index (χ1) is 6.81. The van der Waals surface area contributed by atoms with Gasteiger partial charge in [0.2, 0.25) is 0 Å². The van der Waals surface area contributed by atoms with E-state index in [-0.39, 0.29) is 5.75 Å². The highest BCUT2D eigenvalue weighted by Gasteiger charge is 2.25. The Morgan fingerprint density at radius 1 is 1.40 bits per heavy atom. The molecular weight excluding hydrogens is 193 g/mol. The van der Waals surface area contributed by atoms with Gasteiger partial charge in [-0.05, 0) is 44.4 Å². The summed E-state index contributed by atoms with van der Waals surface area (Å²) in [5.74, 6) is -0.960. The molecule has 0 heterocycles. The third kappa shape index (κ3) is 1.80. The maximum Gasteiger partial charge on any atom is 0.167 e. The Morgan fingerprint density at radius 3 is 2.40 bits per heavy atom. The molecule has 0 amide bonds. The number of aromatic hydroxyl groups is 1. The van der Waals surface area contributed by atoms with E-state index in [2.05, 4.69) is 6.07 Å². The van der Waals surface area contributed by atoms with E-state index in [4.69, 9.17) is 5.26 Å². The molecule has 0 radical (unpaired) electrons. The minimum atomic E-state index is -0.722. The van der Waals surface area contributed by atoms with Gasteiger partial charge in [0.1, 0.15) is 0 Å². The molecule has 0 fully saturated rings. The second-order valence-corrected chi connectivity index (χ2v) is 4.27. The van der Waals surface area contributed by atoms with Crippen LogP contribution in [0, 0.1) is 31.0 Å². The molecule has 2 nitrogen and oxygen atoms in total. The largest absolute Gasteiger partial charge is 0.505 e. The standard InChI is InChI=1S/C12H14FNO/c1-7-5-9(12(3,4)6-14)8(2)11(15)10(7)13/h5,15H,1-4H3. The zero-order chi connectivity index (χ0) is 11.8. The molecule has 1 N–H and O–H groups in total. The lowest BCUT2D eigenvalue weighted by Gasteiger charge is -2.20. The molecule has 0 bridgehead atoms. The summed E-state index contributed by atoms with van der Waals surface area (Å²) in [4.78, 5) is 0. The lowest BCUT2D eigenvalue weighted by atomic mass is 9.82. The van der Waals surface area contributed by atoms with E-state index in [1.165, 1.54) is 0 Å². The van der Waals surface area contributed by atoms with Crippen LogP contribution < -0.4 is 0 Å². The Bertz CT molecular complexity index is 444. The summed E-state index contributed by atoms with van der Waals surface area (Å²) >= 11 is 0. The Morgan fingerprint density at radius 2 is 1.93 bits per heavy atom. The smallest absolute Gasteiger partial charge is 0.167 e. The SMILES string of the molecule is Cc1cc(C(C)(C)C#N)c(C)c(O)c1F. The van der Waals surface area contributed by atoms with Crippen LogP contribution >= 0.6 is 0 Å². The molecule has 0 aromatic heterocycles. The Kier molecular flexibility index (Phi) is 2.72. The Balaban J connectivity index is 3.54. The molecular formula is C12H14FNO. The van der Waals surface area contributed by atoms with Crippen LogP contribution in [0.3, 0.4) is 0 Å². The van der Waals surface area contributed by atoms with Crippen molar-refractivity contribution in [3.05, 3.63) is 28.6 Å². The number of hydrogen-bond donors (Lipinski definition) is 1. The van der Waals surface area contributed by atoms with E-state index in [0.29, 0.717) is 16.7 Å². The van der Waals surface area contributed by atoms with Gasteiger partial charge in [0.25, 0.3) is 0 Å². The summed E-state index contributed by atoms with van der Waals surface area (Å²) in [7, 11) is 0. The first kappa shape index (κ1) is 11.5. The topological polar surface area (TPSA) is 44.0 Å². The summed E-state index contributed by atoms with van der Waals surface area (Å²) in [6, 6.07) is 3.76. The molecule has 0 aliphatic heterocycles. The minimum Gasteiger partial charge on any atom is -0.505 e. The lowest BCUT2D eigenvalue weighted by Crippen LogP contribution is -2.16. The lowest BCUT2D eigenvalue weighted by molar-refractivity contribution is 0.423. The fraction of sp³-hybridized carbons (Fsp3) is 0.417. The van der Waals surface area contributed by atoms with Crippen molar-refractivity contribution >= 4 is 0 Å². The maximum atomic E-state index is 13.3. The van der Waals surface area contributed by atoms with E-state index in [1.807, 2.05) is 0 Å². The van der Waals surface area contributed by atoms with Crippen molar-refractivity contribution in [2.45, 2.75) is 33.1 Å². The molecule has 1 aromatic rings. The van der Waals surface area contributed by atoms with E-state index >= 15 is 0 Å². The van der Waals surface area contributed by atoms with Gasteiger partial charge in [-0.2, -0.15) is 5.26 Å². The molecule has 80 valence electrons. The predicted octanol–water partition coefficient (Wildman–Crippen LogP) is 2.95. The van der Waals surface area contributed by atoms with Gasteiger partial charge in [0, 0.05) is 0 Å². The Labute approximate surface area is 89.0 Å². The van der Waals surface area contributed by atoms with Crippen LogP contribution in [0.4, 0.5) is 4.39 Å². The predicted molar refractivity (Wildman–Crippen MR) is 56.2 cm³/mol. The molecule has 0 aliphatic rings. The van der Waals surface area contributed by atoms with Crippen LogP contribution in [-0.4, -0.2) is 5.11 Å². The van der Waals surface area contributed by atoms with Crippen LogP contribution in [-0.2, 0) is 5.41 Å². The van der Waals surface area contributed by atoms with Crippen molar-refractivity contribution in [1.29, 1.82) is 5.26 Å². The summed E-state index contributed by atoms with van der Waals surface area (Å²) in [5.41, 5.74) is 0.738. The van der Waals surface area contributed by atoms with E-state index in [9.17, 15) is 9.50 Å². The molecule has 1 rings (SSSR count). The van der Waals surface area contributed by atoms with Crippen LogP contribution in [0.1, 0.15) is 30.5 Å². The van der Waals surface area contributed by atoms with Gasteiger partial charge >= 0.3 is 0 Å². The zero-order valence-corrected chi connectivity index (χ0v) is 9.35. The highest BCUT2D eigenvalue weighted by molar-refractivity contribution is 5.48. The van der Waals surface area contributed by atoms with Crippen molar-refractivity contribution in [2.75, 3.05) is 0 Å². The van der Waals surface area contributed by atoms with Crippen LogP contribution in [0.25, 0.3) is 0 Å². The molecule has 3 heteroatoms. The number of benzene rings is 1. The average Bonchev–Trinajstić information content (AvgIpc) is 2.20. The van der Waals surface area contributed by atoms with Crippen molar-refractivity contribution in [2.24, 2.45) is 0 Å². The second-order valence-electron chi connectivity index (χ2n) is 4.27. The van der Waals surface area contributed by atoms with Gasteiger partial charge in [0.15, 0.2) is 11.6 Å². The van der Waals surface area contributed by atoms with Crippen molar-refractivity contribution < 1.29 is 9.50 Å². The third-order valence-electron chi connectivity index (χ3n) is 2.63. The van der Waals surface area contributed by atoms with E-state index in [1.54, 1.807) is 33.8 Å². The van der Waals surface area contributed by atoms with Gasteiger partial charge in [-0.25, -0.2) is 4.39 Å². The summed E-state index contributed by atoms with van der Waals surface area (Å²) in [6.07, 6.45) is 0. The molecule has 0 unspecified atom stereocenters. The molecule has 0 saturated heterocycles. The number of halogens is 1. The maximum absolute atomic E-state index is 13.3. The number of aryl methyl sites for hydroxylation is 1. The zero-order valence-electron chi connectivity index (χ0n) is 9.35. The molecule has 0 atom stereocenters. The normalized spacial score (nSPS) is 11.2. The second kappa shape index (κ2) is 3.54. The minimum absolute atomic E-state index is 0.353. The first-order valence-corrected chi connectivity index (χ1v) is 4.71. The number of hydrogen-bond acceptors (Lipinski definition) is 2. The van der Waals surface area contributed by atoms with Crippen LogP contribution in [0.15, 0.2) is 6.07 Å². The summed E-state index contributed by atoms with van der Waals surface area (Å²) < 4.78 is 13.3. The number of phenolic OH excluding ortho intramolecular Hbond substituents is 1. The first-order valence-electron chi connectivity index (χ1n) is 4.71. The molecule has 1 aromatic carbocycles. The quantitative estimate of drug-likeness (QED) is 0.769. The van der Waals surface area contributed by atoms with Gasteiger partial charge in [-0.15, -0.1) is 0 Å². The summed E-state index contributed by atoms with van der Waals surface area (Å²) in [5, 5.41) is 18.5. The van der Waals surface area contributed by atoms with Gasteiger partial charge in [-0.3, -0.25) is 0 Å². The van der Waals surface area contributed by atoms with Crippen LogP contribution in [0.2, 0.25) is 0 Å². The van der Waals surface area contributed by atoms with Crippen LogP contribution in [0.5, 0.6) is 5.75 Å². The number of nitrogens with zero attached hydrogens (tertiary/aromatic N) is 1. The van der Waals surface area contributed by atoms with Crippen molar-refractivity contribution in [1.82, 2.24) is 0 Å². The fourth-order valence-electron chi connectivity index (χ4n) is 1.58. The summed E-state index contributed by atoms with van der Waals surface area (Å²) in [6.45, 7) is 6.68. The fourth-order valence-corrected chi connectivity index (χ4v) is 1.58. The third-order valence-corrected chi connectivity index (χ3v) is 2.63. The monoisotopic (exact) mass is 207 g/mol.